The number of amides is 1. The lowest BCUT2D eigenvalue weighted by atomic mass is 10.1. The fourth-order valence-electron chi connectivity index (χ4n) is 1.90. The molecular weight excluding hydrogens is 254 g/mol. The Morgan fingerprint density at radius 1 is 1.45 bits per heavy atom. The number of anilines is 2. The third kappa shape index (κ3) is 2.90. The normalized spacial score (nSPS) is 11.9. The molecule has 0 fully saturated rings. The fourth-order valence-corrected chi connectivity index (χ4v) is 1.90. The van der Waals surface area contributed by atoms with E-state index in [2.05, 4.69) is 15.3 Å². The second kappa shape index (κ2) is 5.64. The number of aromatic nitrogens is 2. The molecule has 1 atom stereocenters. The van der Waals surface area contributed by atoms with Crippen LogP contribution in [-0.4, -0.2) is 34.9 Å². The number of nitrogens with zero attached hydrogens (tertiary/aromatic N) is 2. The Morgan fingerprint density at radius 2 is 2.20 bits per heavy atom. The van der Waals surface area contributed by atoms with Gasteiger partial charge in [0.05, 0.1) is 17.4 Å². The van der Waals surface area contributed by atoms with Crippen LogP contribution in [0, 0.1) is 0 Å². The summed E-state index contributed by atoms with van der Waals surface area (Å²) in [5.41, 5.74) is 7.89. The Labute approximate surface area is 118 Å². The summed E-state index contributed by atoms with van der Waals surface area (Å²) in [6.45, 7) is 1.98. The number of nitrogens with two attached hydrogens (primary N) is 1. The molecule has 0 aliphatic rings. The highest BCUT2D eigenvalue weighted by Crippen LogP contribution is 2.24. The van der Waals surface area contributed by atoms with Crippen LogP contribution in [0.25, 0.3) is 0 Å². The van der Waals surface area contributed by atoms with E-state index < -0.39 is 0 Å². The van der Waals surface area contributed by atoms with Crippen molar-refractivity contribution in [2.75, 3.05) is 25.1 Å². The lowest BCUT2D eigenvalue weighted by Gasteiger charge is -2.16. The highest BCUT2D eigenvalue weighted by atomic mass is 16.2. The summed E-state index contributed by atoms with van der Waals surface area (Å²) in [7, 11) is 3.42. The SMILES string of the molecule is CC(Nc1ccc(C(=O)N(C)C)cc1N)c1ncc[nH]1. The van der Waals surface area contributed by atoms with Gasteiger partial charge in [-0.3, -0.25) is 4.79 Å². The van der Waals surface area contributed by atoms with Gasteiger partial charge in [-0.25, -0.2) is 4.98 Å². The largest absolute Gasteiger partial charge is 0.397 e. The van der Waals surface area contributed by atoms with Gasteiger partial charge in [-0.05, 0) is 25.1 Å². The van der Waals surface area contributed by atoms with Crippen LogP contribution in [0.1, 0.15) is 29.1 Å². The first kappa shape index (κ1) is 13.9. The van der Waals surface area contributed by atoms with Crippen molar-refractivity contribution >= 4 is 17.3 Å². The topological polar surface area (TPSA) is 87.0 Å². The van der Waals surface area contributed by atoms with Crippen molar-refractivity contribution in [1.82, 2.24) is 14.9 Å². The Balaban J connectivity index is 2.16. The van der Waals surface area contributed by atoms with Gasteiger partial charge >= 0.3 is 0 Å². The first-order chi connectivity index (χ1) is 9.49. The molecule has 1 aromatic heterocycles. The number of benzene rings is 1. The fraction of sp³-hybridized carbons (Fsp3) is 0.286. The van der Waals surface area contributed by atoms with Crippen LogP contribution in [0.2, 0.25) is 0 Å². The maximum absolute atomic E-state index is 11.9. The van der Waals surface area contributed by atoms with Gasteiger partial charge in [0.15, 0.2) is 0 Å². The highest BCUT2D eigenvalue weighted by Gasteiger charge is 2.12. The van der Waals surface area contributed by atoms with Gasteiger partial charge < -0.3 is 20.9 Å². The number of H-pyrrole nitrogens is 1. The molecule has 106 valence electrons. The molecule has 1 amide bonds. The van der Waals surface area contributed by atoms with E-state index in [9.17, 15) is 4.79 Å². The molecule has 6 heteroatoms. The molecule has 0 aliphatic heterocycles. The number of rotatable bonds is 4. The number of carbonyl (C=O) groups excluding carboxylic acids is 1. The average Bonchev–Trinajstić information content (AvgIpc) is 2.94. The number of imidazole rings is 1. The summed E-state index contributed by atoms with van der Waals surface area (Å²) < 4.78 is 0. The molecule has 0 saturated heterocycles. The van der Waals surface area contributed by atoms with E-state index >= 15 is 0 Å². The Kier molecular flexibility index (Phi) is 3.93. The molecule has 0 spiro atoms. The standard InChI is InChI=1S/C14H19N5O/c1-9(13-16-6-7-17-13)18-12-5-4-10(8-11(12)15)14(20)19(2)3/h4-9,18H,15H2,1-3H3,(H,16,17). The molecule has 2 rings (SSSR count). The van der Waals surface area contributed by atoms with Crippen molar-refractivity contribution in [1.29, 1.82) is 0 Å². The highest BCUT2D eigenvalue weighted by molar-refractivity contribution is 5.95. The van der Waals surface area contributed by atoms with Crippen LogP contribution in [0.3, 0.4) is 0 Å². The third-order valence-electron chi connectivity index (χ3n) is 3.01. The molecule has 0 bridgehead atoms. The van der Waals surface area contributed by atoms with Gasteiger partial charge in [0.2, 0.25) is 0 Å². The molecule has 2 aromatic rings. The van der Waals surface area contributed by atoms with Crippen molar-refractivity contribution in [3.05, 3.63) is 42.0 Å². The van der Waals surface area contributed by atoms with Crippen LogP contribution < -0.4 is 11.1 Å². The van der Waals surface area contributed by atoms with Gasteiger partial charge in [-0.15, -0.1) is 0 Å². The maximum atomic E-state index is 11.9. The van der Waals surface area contributed by atoms with Crippen LogP contribution in [0.4, 0.5) is 11.4 Å². The number of hydrogen-bond donors (Lipinski definition) is 3. The number of aromatic amines is 1. The predicted molar refractivity (Wildman–Crippen MR) is 79.5 cm³/mol. The summed E-state index contributed by atoms with van der Waals surface area (Å²) in [6.07, 6.45) is 3.48. The van der Waals surface area contributed by atoms with Gasteiger partial charge in [-0.2, -0.15) is 0 Å². The second-order valence-electron chi connectivity index (χ2n) is 4.84. The first-order valence-corrected chi connectivity index (χ1v) is 6.36. The zero-order chi connectivity index (χ0) is 14.7. The quantitative estimate of drug-likeness (QED) is 0.742. The second-order valence-corrected chi connectivity index (χ2v) is 4.84. The molecule has 1 heterocycles. The molecule has 4 N–H and O–H groups in total. The lowest BCUT2D eigenvalue weighted by Crippen LogP contribution is -2.21. The van der Waals surface area contributed by atoms with E-state index in [1.54, 1.807) is 38.6 Å². The van der Waals surface area contributed by atoms with Crippen molar-refractivity contribution in [3.63, 3.8) is 0 Å². The minimum absolute atomic E-state index is 0.00250. The van der Waals surface area contributed by atoms with E-state index in [0.717, 1.165) is 11.5 Å². The van der Waals surface area contributed by atoms with Crippen LogP contribution in [0.5, 0.6) is 0 Å². The smallest absolute Gasteiger partial charge is 0.253 e. The number of nitrogens with one attached hydrogen (secondary N) is 2. The van der Waals surface area contributed by atoms with Crippen molar-refractivity contribution in [2.45, 2.75) is 13.0 Å². The Bertz CT molecular complexity index is 592. The summed E-state index contributed by atoms with van der Waals surface area (Å²) in [5.74, 6) is 0.764. The number of hydrogen-bond acceptors (Lipinski definition) is 4. The molecule has 20 heavy (non-hydrogen) atoms. The van der Waals surface area contributed by atoms with E-state index in [4.69, 9.17) is 5.73 Å². The van der Waals surface area contributed by atoms with Crippen LogP contribution in [-0.2, 0) is 0 Å². The lowest BCUT2D eigenvalue weighted by molar-refractivity contribution is 0.0827. The van der Waals surface area contributed by atoms with E-state index in [1.165, 1.54) is 4.90 Å². The van der Waals surface area contributed by atoms with Gasteiger partial charge in [0, 0.05) is 32.1 Å². The van der Waals surface area contributed by atoms with Gasteiger partial charge in [-0.1, -0.05) is 0 Å². The molecule has 0 aliphatic carbocycles. The van der Waals surface area contributed by atoms with E-state index in [1.807, 2.05) is 13.0 Å². The van der Waals surface area contributed by atoms with Gasteiger partial charge in [0.25, 0.3) is 5.91 Å². The molecule has 0 radical (unpaired) electrons. The molecule has 0 saturated carbocycles. The van der Waals surface area contributed by atoms with E-state index in [0.29, 0.717) is 11.3 Å². The predicted octanol–water partition coefficient (Wildman–Crippen LogP) is 1.87. The molecule has 1 unspecified atom stereocenters. The molecule has 6 nitrogen and oxygen atoms in total. The van der Waals surface area contributed by atoms with E-state index in [-0.39, 0.29) is 11.9 Å². The summed E-state index contributed by atoms with van der Waals surface area (Å²) in [5, 5.41) is 3.26. The Morgan fingerprint density at radius 3 is 2.75 bits per heavy atom. The number of carbonyl (C=O) groups is 1. The molecule has 1 aromatic carbocycles. The van der Waals surface area contributed by atoms with Gasteiger partial charge in [0.1, 0.15) is 5.82 Å². The van der Waals surface area contributed by atoms with Crippen molar-refractivity contribution < 1.29 is 4.79 Å². The van der Waals surface area contributed by atoms with Crippen LogP contribution >= 0.6 is 0 Å². The van der Waals surface area contributed by atoms with Crippen LogP contribution in [0.15, 0.2) is 30.6 Å². The minimum atomic E-state index is -0.0673. The summed E-state index contributed by atoms with van der Waals surface area (Å²) >= 11 is 0. The minimum Gasteiger partial charge on any atom is -0.397 e. The molecular formula is C14H19N5O. The number of nitrogen functional groups attached to an aromatic ring is 1. The zero-order valence-corrected chi connectivity index (χ0v) is 11.8. The maximum Gasteiger partial charge on any atom is 0.253 e. The zero-order valence-electron chi connectivity index (χ0n) is 11.8. The monoisotopic (exact) mass is 273 g/mol. The first-order valence-electron chi connectivity index (χ1n) is 6.36. The summed E-state index contributed by atoms with van der Waals surface area (Å²) in [4.78, 5) is 20.6. The van der Waals surface area contributed by atoms with Crippen molar-refractivity contribution in [3.8, 4) is 0 Å². The van der Waals surface area contributed by atoms with Crippen molar-refractivity contribution in [2.24, 2.45) is 0 Å². The average molecular weight is 273 g/mol. The Hall–Kier alpha value is -2.50. The third-order valence-corrected chi connectivity index (χ3v) is 3.01. The summed E-state index contributed by atoms with van der Waals surface area (Å²) in [6, 6.07) is 5.25.